The number of methoxy groups -OCH3 is 1. The van der Waals surface area contributed by atoms with Crippen LogP contribution >= 0.6 is 11.6 Å². The van der Waals surface area contributed by atoms with Gasteiger partial charge in [0.15, 0.2) is 0 Å². The molecule has 38 heavy (non-hydrogen) atoms. The summed E-state index contributed by atoms with van der Waals surface area (Å²) in [6, 6.07) is 22.6. The first kappa shape index (κ1) is 27.4. The molecule has 1 heterocycles. The summed E-state index contributed by atoms with van der Waals surface area (Å²) in [5.74, 6) is -1.33. The smallest absolute Gasteiger partial charge is 0.354 e. The van der Waals surface area contributed by atoms with E-state index in [4.69, 9.17) is 21.4 Å². The molecule has 0 aliphatic heterocycles. The number of carboxylic acid groups (broad SMARTS) is 1. The van der Waals surface area contributed by atoms with Crippen molar-refractivity contribution in [2.24, 2.45) is 0 Å². The number of esters is 1. The van der Waals surface area contributed by atoms with E-state index in [2.05, 4.69) is 18.3 Å². The van der Waals surface area contributed by atoms with Crippen molar-refractivity contribution in [3.8, 4) is 0 Å². The summed E-state index contributed by atoms with van der Waals surface area (Å²) in [5, 5.41) is 24.5. The van der Waals surface area contributed by atoms with Crippen molar-refractivity contribution < 1.29 is 24.5 Å². The Labute approximate surface area is 226 Å². The second kappa shape index (κ2) is 12.3. The fraction of sp³-hybridized carbons (Fsp3) is 0.267. The lowest BCUT2D eigenvalue weighted by atomic mass is 10.0. The van der Waals surface area contributed by atoms with E-state index in [-0.39, 0.29) is 12.5 Å². The maximum absolute atomic E-state index is 12.6. The average Bonchev–Trinajstić information content (AvgIpc) is 3.24. The number of carbonyl (C=O) groups excluding carboxylic acids is 1. The number of halogens is 1. The van der Waals surface area contributed by atoms with Crippen molar-refractivity contribution >= 4 is 34.4 Å². The zero-order valence-electron chi connectivity index (χ0n) is 21.4. The van der Waals surface area contributed by atoms with Gasteiger partial charge in [-0.05, 0) is 65.9 Å². The molecular weight excluding hydrogens is 504 g/mol. The zero-order valence-corrected chi connectivity index (χ0v) is 22.1. The summed E-state index contributed by atoms with van der Waals surface area (Å²) in [5.41, 5.74) is 4.77. The number of hydrogen-bond donors (Lipinski definition) is 3. The number of ether oxygens (including phenoxy) is 1. The minimum absolute atomic E-state index is 0.0597. The minimum atomic E-state index is -0.890. The first-order valence-electron chi connectivity index (χ1n) is 12.4. The van der Waals surface area contributed by atoms with Crippen molar-refractivity contribution in [3.63, 3.8) is 0 Å². The van der Waals surface area contributed by atoms with Gasteiger partial charge in [-0.25, -0.2) is 4.79 Å². The Morgan fingerprint density at radius 2 is 1.76 bits per heavy atom. The van der Waals surface area contributed by atoms with Gasteiger partial charge in [0.2, 0.25) is 0 Å². The first-order valence-corrected chi connectivity index (χ1v) is 12.8. The number of benzene rings is 3. The van der Waals surface area contributed by atoms with Gasteiger partial charge in [0.1, 0.15) is 5.69 Å². The van der Waals surface area contributed by atoms with Crippen LogP contribution in [0.5, 0.6) is 0 Å². The Morgan fingerprint density at radius 1 is 1.00 bits per heavy atom. The van der Waals surface area contributed by atoms with E-state index in [0.717, 1.165) is 34.0 Å². The standard InChI is InChI=1S/C30H31ClN2O5/c1-19(32-17-28(34)23-7-4-8-25(31)15-23)11-21-9-10-26-24(13-21)16-27(30(37)38-2)33(26)18-22-6-3-5-20(12-22)14-29(35)36/h3-10,12-13,15-16,19,28,32,34H,11,14,17-18H2,1-2H3,(H,35,36). The van der Waals surface area contributed by atoms with E-state index in [0.29, 0.717) is 29.4 Å². The molecule has 198 valence electrons. The summed E-state index contributed by atoms with van der Waals surface area (Å²) in [4.78, 5) is 23.7. The number of fused-ring (bicyclic) bond motifs is 1. The van der Waals surface area contributed by atoms with Crippen LogP contribution in [0.2, 0.25) is 5.02 Å². The molecule has 0 saturated heterocycles. The Balaban J connectivity index is 1.51. The Hall–Kier alpha value is -3.65. The topological polar surface area (TPSA) is 101 Å². The molecular formula is C30H31ClN2O5. The van der Waals surface area contributed by atoms with Crippen molar-refractivity contribution in [1.29, 1.82) is 0 Å². The maximum atomic E-state index is 12.6. The number of aliphatic hydroxyl groups excluding tert-OH is 1. The minimum Gasteiger partial charge on any atom is -0.481 e. The molecule has 2 unspecified atom stereocenters. The Kier molecular flexibility index (Phi) is 8.84. The third-order valence-electron chi connectivity index (χ3n) is 6.48. The van der Waals surface area contributed by atoms with Crippen LogP contribution in [0.1, 0.15) is 45.8 Å². The largest absolute Gasteiger partial charge is 0.481 e. The van der Waals surface area contributed by atoms with Gasteiger partial charge < -0.3 is 24.8 Å². The number of aliphatic hydroxyl groups is 1. The van der Waals surface area contributed by atoms with Gasteiger partial charge in [0.05, 0.1) is 19.6 Å². The highest BCUT2D eigenvalue weighted by Gasteiger charge is 2.18. The van der Waals surface area contributed by atoms with Gasteiger partial charge >= 0.3 is 11.9 Å². The number of aliphatic carboxylic acids is 1. The van der Waals surface area contributed by atoms with E-state index in [1.54, 1.807) is 18.2 Å². The summed E-state index contributed by atoms with van der Waals surface area (Å²) >= 11 is 6.03. The third-order valence-corrected chi connectivity index (χ3v) is 6.72. The summed E-state index contributed by atoms with van der Waals surface area (Å²) in [7, 11) is 1.36. The van der Waals surface area contributed by atoms with Crippen LogP contribution in [0, 0.1) is 0 Å². The quantitative estimate of drug-likeness (QED) is 0.234. The SMILES string of the molecule is COC(=O)c1cc2cc(CC(C)NCC(O)c3cccc(Cl)c3)ccc2n1Cc1cccc(CC(=O)O)c1. The van der Waals surface area contributed by atoms with Crippen molar-refractivity contribution in [1.82, 2.24) is 9.88 Å². The number of carbonyl (C=O) groups is 2. The Morgan fingerprint density at radius 3 is 2.50 bits per heavy atom. The van der Waals surface area contributed by atoms with Crippen molar-refractivity contribution in [2.45, 2.75) is 38.5 Å². The fourth-order valence-corrected chi connectivity index (χ4v) is 4.86. The molecule has 3 N–H and O–H groups in total. The van der Waals surface area contributed by atoms with Crippen molar-refractivity contribution in [2.75, 3.05) is 13.7 Å². The van der Waals surface area contributed by atoms with Gasteiger partial charge in [0.25, 0.3) is 0 Å². The lowest BCUT2D eigenvalue weighted by Gasteiger charge is -2.18. The molecule has 0 amide bonds. The molecule has 0 aliphatic rings. The number of carboxylic acids is 1. The molecule has 0 radical (unpaired) electrons. The molecule has 2 atom stereocenters. The molecule has 0 aliphatic carbocycles. The monoisotopic (exact) mass is 534 g/mol. The van der Waals surface area contributed by atoms with Gasteiger partial charge in [-0.15, -0.1) is 0 Å². The van der Waals surface area contributed by atoms with E-state index in [1.165, 1.54) is 7.11 Å². The number of aromatic nitrogens is 1. The first-order chi connectivity index (χ1) is 18.2. The molecule has 3 aromatic carbocycles. The third kappa shape index (κ3) is 6.81. The molecule has 4 rings (SSSR count). The second-order valence-corrected chi connectivity index (χ2v) is 9.91. The highest BCUT2D eigenvalue weighted by atomic mass is 35.5. The molecule has 0 saturated carbocycles. The highest BCUT2D eigenvalue weighted by Crippen LogP contribution is 2.25. The summed E-state index contributed by atoms with van der Waals surface area (Å²) in [6.07, 6.45) is 0.00793. The lowest BCUT2D eigenvalue weighted by Crippen LogP contribution is -2.32. The van der Waals surface area contributed by atoms with Crippen LogP contribution in [-0.2, 0) is 28.9 Å². The predicted molar refractivity (Wildman–Crippen MR) is 148 cm³/mol. The van der Waals surface area contributed by atoms with Crippen LogP contribution in [0.3, 0.4) is 0 Å². The van der Waals surface area contributed by atoms with Gasteiger partial charge in [-0.3, -0.25) is 4.79 Å². The van der Waals surface area contributed by atoms with E-state index >= 15 is 0 Å². The van der Waals surface area contributed by atoms with Gasteiger partial charge in [-0.1, -0.05) is 54.1 Å². The number of nitrogens with zero attached hydrogens (tertiary/aromatic N) is 1. The van der Waals surface area contributed by atoms with E-state index in [1.807, 2.05) is 53.1 Å². The normalized spacial score (nSPS) is 12.8. The van der Waals surface area contributed by atoms with E-state index < -0.39 is 18.0 Å². The molecule has 0 bridgehead atoms. The molecule has 0 fully saturated rings. The van der Waals surface area contributed by atoms with E-state index in [9.17, 15) is 14.7 Å². The number of nitrogens with one attached hydrogen (secondary N) is 1. The second-order valence-electron chi connectivity index (χ2n) is 9.48. The van der Waals surface area contributed by atoms with Gasteiger partial charge in [-0.2, -0.15) is 0 Å². The zero-order chi connectivity index (χ0) is 27.2. The maximum Gasteiger partial charge on any atom is 0.354 e. The highest BCUT2D eigenvalue weighted by molar-refractivity contribution is 6.30. The average molecular weight is 535 g/mol. The van der Waals surface area contributed by atoms with Crippen LogP contribution in [0.4, 0.5) is 0 Å². The van der Waals surface area contributed by atoms with Crippen molar-refractivity contribution in [3.05, 3.63) is 106 Å². The molecule has 0 spiro atoms. The predicted octanol–water partition coefficient (Wildman–Crippen LogP) is 5.01. The summed E-state index contributed by atoms with van der Waals surface area (Å²) in [6.45, 7) is 2.86. The van der Waals surface area contributed by atoms with Gasteiger partial charge in [0, 0.05) is 35.1 Å². The fourth-order valence-electron chi connectivity index (χ4n) is 4.66. The van der Waals surface area contributed by atoms with Crippen LogP contribution in [0.25, 0.3) is 10.9 Å². The molecule has 8 heteroatoms. The van der Waals surface area contributed by atoms with Crippen LogP contribution in [0.15, 0.2) is 72.8 Å². The molecule has 7 nitrogen and oxygen atoms in total. The summed E-state index contributed by atoms with van der Waals surface area (Å²) < 4.78 is 6.93. The van der Waals surface area contributed by atoms with Crippen LogP contribution in [-0.4, -0.2) is 46.4 Å². The number of rotatable bonds is 11. The lowest BCUT2D eigenvalue weighted by molar-refractivity contribution is -0.136. The Bertz CT molecular complexity index is 1450. The number of hydrogen-bond acceptors (Lipinski definition) is 5. The van der Waals surface area contributed by atoms with Crippen LogP contribution < -0.4 is 5.32 Å². The molecule has 1 aromatic heterocycles. The molecule has 4 aromatic rings.